The molecule has 0 amide bonds. The van der Waals surface area contributed by atoms with Crippen molar-refractivity contribution >= 4 is 23.4 Å². The molecule has 0 spiro atoms. The molecule has 24 heavy (non-hydrogen) atoms. The fourth-order valence-corrected chi connectivity index (χ4v) is 3.31. The quantitative estimate of drug-likeness (QED) is 0.577. The first kappa shape index (κ1) is 16.9. The van der Waals surface area contributed by atoms with Gasteiger partial charge in [0.25, 0.3) is 5.56 Å². The summed E-state index contributed by atoms with van der Waals surface area (Å²) in [6.45, 7) is 2.68. The molecule has 0 saturated carbocycles. The monoisotopic (exact) mass is 355 g/mol. The molecule has 4 heteroatoms. The van der Waals surface area contributed by atoms with Crippen molar-refractivity contribution in [3.8, 4) is 11.1 Å². The summed E-state index contributed by atoms with van der Waals surface area (Å²) in [5.41, 5.74) is 3.19. The van der Waals surface area contributed by atoms with Crippen LogP contribution in [0, 0.1) is 0 Å². The molecule has 0 bridgehead atoms. The Balaban J connectivity index is 1.88. The second-order valence-electron chi connectivity index (χ2n) is 5.47. The number of halogens is 1. The first-order chi connectivity index (χ1) is 11.7. The summed E-state index contributed by atoms with van der Waals surface area (Å²) < 4.78 is 1.73. The molecule has 1 heterocycles. The molecule has 0 aliphatic carbocycles. The van der Waals surface area contributed by atoms with Crippen LogP contribution in [0.2, 0.25) is 5.02 Å². The van der Waals surface area contributed by atoms with Gasteiger partial charge in [0.2, 0.25) is 0 Å². The van der Waals surface area contributed by atoms with Gasteiger partial charge in [-0.2, -0.15) is 0 Å². The first-order valence-electron chi connectivity index (χ1n) is 7.84. The molecule has 2 aromatic carbocycles. The van der Waals surface area contributed by atoms with Gasteiger partial charge in [0.15, 0.2) is 0 Å². The summed E-state index contributed by atoms with van der Waals surface area (Å²) in [6.07, 6.45) is 1.92. The largest absolute Gasteiger partial charge is 0.310 e. The lowest BCUT2D eigenvalue weighted by Gasteiger charge is -2.09. The minimum atomic E-state index is -0.00754. The summed E-state index contributed by atoms with van der Waals surface area (Å²) in [7, 11) is 0. The van der Waals surface area contributed by atoms with Gasteiger partial charge < -0.3 is 4.57 Å². The van der Waals surface area contributed by atoms with Crippen LogP contribution < -0.4 is 5.56 Å². The van der Waals surface area contributed by atoms with E-state index in [1.807, 2.05) is 48.3 Å². The van der Waals surface area contributed by atoms with Crippen LogP contribution in [0.5, 0.6) is 0 Å². The van der Waals surface area contributed by atoms with Crippen molar-refractivity contribution in [2.45, 2.75) is 18.4 Å². The molecule has 0 atom stereocenters. The second kappa shape index (κ2) is 7.73. The molecule has 0 aliphatic heterocycles. The van der Waals surface area contributed by atoms with Crippen molar-refractivity contribution in [1.29, 1.82) is 0 Å². The summed E-state index contributed by atoms with van der Waals surface area (Å²) in [5, 5.41) is 0.699. The number of aromatic nitrogens is 1. The highest BCUT2D eigenvalue weighted by molar-refractivity contribution is 7.99. The number of hydrogen-bond acceptors (Lipinski definition) is 2. The van der Waals surface area contributed by atoms with Gasteiger partial charge in [-0.25, -0.2) is 0 Å². The number of benzene rings is 2. The van der Waals surface area contributed by atoms with Crippen molar-refractivity contribution in [2.75, 3.05) is 5.75 Å². The topological polar surface area (TPSA) is 22.0 Å². The van der Waals surface area contributed by atoms with E-state index in [4.69, 9.17) is 11.6 Å². The van der Waals surface area contributed by atoms with Crippen LogP contribution in [0.1, 0.15) is 12.5 Å². The van der Waals surface area contributed by atoms with Gasteiger partial charge in [0.05, 0.1) is 6.54 Å². The molecule has 122 valence electrons. The number of hydrogen-bond donors (Lipinski definition) is 0. The molecule has 0 aliphatic rings. The first-order valence-corrected chi connectivity index (χ1v) is 9.20. The van der Waals surface area contributed by atoms with Gasteiger partial charge >= 0.3 is 0 Å². The molecular formula is C20H18ClNOS. The molecule has 3 rings (SSSR count). The van der Waals surface area contributed by atoms with E-state index in [1.54, 1.807) is 10.6 Å². The van der Waals surface area contributed by atoms with Crippen LogP contribution in [0.15, 0.2) is 76.6 Å². The lowest BCUT2D eigenvalue weighted by molar-refractivity contribution is 0.761. The highest BCUT2D eigenvalue weighted by Gasteiger charge is 2.03. The van der Waals surface area contributed by atoms with Crippen LogP contribution in [0.25, 0.3) is 11.1 Å². The van der Waals surface area contributed by atoms with Crippen molar-refractivity contribution in [1.82, 2.24) is 4.57 Å². The third-order valence-corrected chi connectivity index (χ3v) is 4.89. The third-order valence-electron chi connectivity index (χ3n) is 3.75. The van der Waals surface area contributed by atoms with Gasteiger partial charge in [0, 0.05) is 22.2 Å². The molecule has 1 aromatic heterocycles. The van der Waals surface area contributed by atoms with Crippen LogP contribution in [0.4, 0.5) is 0 Å². The van der Waals surface area contributed by atoms with Crippen molar-refractivity contribution in [3.63, 3.8) is 0 Å². The molecule has 2 nitrogen and oxygen atoms in total. The maximum Gasteiger partial charge on any atom is 0.250 e. The SMILES string of the molecule is CCSc1ccc(-c2ccc(=O)n(Cc3ccc(Cl)cc3)c2)cc1. The van der Waals surface area contributed by atoms with Crippen LogP contribution in [-0.2, 0) is 6.54 Å². The Bertz CT molecular complexity index is 869. The molecule has 0 unspecified atom stereocenters. The van der Waals surface area contributed by atoms with Gasteiger partial charge in [-0.05, 0) is 52.8 Å². The minimum Gasteiger partial charge on any atom is -0.310 e. The van der Waals surface area contributed by atoms with Gasteiger partial charge in [-0.1, -0.05) is 42.8 Å². The van der Waals surface area contributed by atoms with Crippen LogP contribution in [-0.4, -0.2) is 10.3 Å². The molecule has 0 N–H and O–H groups in total. The summed E-state index contributed by atoms with van der Waals surface area (Å²) >= 11 is 7.74. The molecule has 0 fully saturated rings. The van der Waals surface area contributed by atoms with E-state index < -0.39 is 0 Å². The van der Waals surface area contributed by atoms with Crippen LogP contribution in [0.3, 0.4) is 0 Å². The summed E-state index contributed by atoms with van der Waals surface area (Å²) in [5.74, 6) is 1.06. The average molecular weight is 356 g/mol. The standard InChI is InChI=1S/C20H18ClNOS/c1-2-24-19-10-5-16(6-11-19)17-7-12-20(23)22(14-17)13-15-3-8-18(21)9-4-15/h3-12,14H,2,13H2,1H3. The zero-order chi connectivity index (χ0) is 16.9. The number of nitrogens with zero attached hydrogens (tertiary/aromatic N) is 1. The highest BCUT2D eigenvalue weighted by Crippen LogP contribution is 2.23. The van der Waals surface area contributed by atoms with Crippen molar-refractivity contribution in [2.24, 2.45) is 0 Å². The van der Waals surface area contributed by atoms with Gasteiger partial charge in [-0.15, -0.1) is 11.8 Å². The Morgan fingerprint density at radius 3 is 2.25 bits per heavy atom. The van der Waals surface area contributed by atoms with E-state index in [1.165, 1.54) is 4.90 Å². The zero-order valence-corrected chi connectivity index (χ0v) is 15.0. The number of thioether (sulfide) groups is 1. The van der Waals surface area contributed by atoms with E-state index in [9.17, 15) is 4.79 Å². The predicted octanol–water partition coefficient (Wildman–Crippen LogP) is 5.33. The Kier molecular flexibility index (Phi) is 5.44. The van der Waals surface area contributed by atoms with Crippen molar-refractivity contribution in [3.05, 3.63) is 87.8 Å². The van der Waals surface area contributed by atoms with Crippen LogP contribution >= 0.6 is 23.4 Å². The second-order valence-corrected chi connectivity index (χ2v) is 7.24. The van der Waals surface area contributed by atoms with E-state index in [-0.39, 0.29) is 5.56 Å². The number of rotatable bonds is 5. The van der Waals surface area contributed by atoms with Gasteiger partial charge in [-0.3, -0.25) is 4.79 Å². The molecule has 0 radical (unpaired) electrons. The molecule has 0 saturated heterocycles. The maximum atomic E-state index is 12.1. The Labute approximate surface area is 151 Å². The fraction of sp³-hybridized carbons (Fsp3) is 0.150. The normalized spacial score (nSPS) is 10.8. The Morgan fingerprint density at radius 2 is 1.58 bits per heavy atom. The lowest BCUT2D eigenvalue weighted by Crippen LogP contribution is -2.19. The molecule has 3 aromatic rings. The predicted molar refractivity (Wildman–Crippen MR) is 103 cm³/mol. The number of pyridine rings is 1. The van der Waals surface area contributed by atoms with Crippen molar-refractivity contribution < 1.29 is 0 Å². The summed E-state index contributed by atoms with van der Waals surface area (Å²) in [4.78, 5) is 13.4. The highest BCUT2D eigenvalue weighted by atomic mass is 35.5. The minimum absolute atomic E-state index is 0.00754. The smallest absolute Gasteiger partial charge is 0.250 e. The Morgan fingerprint density at radius 1 is 0.917 bits per heavy atom. The third kappa shape index (κ3) is 4.11. The average Bonchev–Trinajstić information content (AvgIpc) is 2.60. The van der Waals surface area contributed by atoms with E-state index >= 15 is 0 Å². The maximum absolute atomic E-state index is 12.1. The fourth-order valence-electron chi connectivity index (χ4n) is 2.52. The molecular weight excluding hydrogens is 338 g/mol. The lowest BCUT2D eigenvalue weighted by atomic mass is 10.1. The van der Waals surface area contributed by atoms with E-state index in [2.05, 4.69) is 31.2 Å². The zero-order valence-electron chi connectivity index (χ0n) is 13.4. The van der Waals surface area contributed by atoms with E-state index in [0.717, 1.165) is 22.4 Å². The van der Waals surface area contributed by atoms with Gasteiger partial charge in [0.1, 0.15) is 0 Å². The van der Waals surface area contributed by atoms with E-state index in [0.29, 0.717) is 11.6 Å². The summed E-state index contributed by atoms with van der Waals surface area (Å²) in [6, 6.07) is 19.5. The Hall–Kier alpha value is -1.97.